The molecule has 0 aromatic heterocycles. The van der Waals surface area contributed by atoms with E-state index in [2.05, 4.69) is 34.6 Å². The highest BCUT2D eigenvalue weighted by Gasteiger charge is 2.54. The van der Waals surface area contributed by atoms with Crippen LogP contribution in [0.3, 0.4) is 0 Å². The molecule has 2 fully saturated rings. The molecule has 0 aromatic carbocycles. The van der Waals surface area contributed by atoms with E-state index in [0.29, 0.717) is 26.1 Å². The predicted octanol–water partition coefficient (Wildman–Crippen LogP) is 3.83. The summed E-state index contributed by atoms with van der Waals surface area (Å²) in [5.41, 5.74) is 0.386. The van der Waals surface area contributed by atoms with Crippen LogP contribution in [0.25, 0.3) is 0 Å². The van der Waals surface area contributed by atoms with Gasteiger partial charge in [-0.05, 0) is 35.8 Å². The van der Waals surface area contributed by atoms with Gasteiger partial charge in [-0.1, -0.05) is 34.6 Å². The van der Waals surface area contributed by atoms with Crippen molar-refractivity contribution in [2.24, 2.45) is 17.3 Å². The summed E-state index contributed by atoms with van der Waals surface area (Å²) >= 11 is 0. The molecule has 0 aliphatic heterocycles. The number of carbonyl (C=O) groups is 1. The van der Waals surface area contributed by atoms with Crippen molar-refractivity contribution in [2.45, 2.75) is 65.1 Å². The number of hydrogen-bond donors (Lipinski definition) is 0. The Morgan fingerprint density at radius 1 is 1.33 bits per heavy atom. The van der Waals surface area contributed by atoms with Gasteiger partial charge in [-0.2, -0.15) is 0 Å². The number of ether oxygens (including phenoxy) is 1. The van der Waals surface area contributed by atoms with Gasteiger partial charge in [0.25, 0.3) is 0 Å². The second-order valence-corrected chi connectivity index (χ2v) is 9.78. The average molecular weight is 270 g/mol. The second kappa shape index (κ2) is 4.78. The second-order valence-electron chi connectivity index (χ2n) is 7.57. The molecule has 0 N–H and O–H groups in total. The van der Waals surface area contributed by atoms with E-state index in [1.165, 1.54) is 12.8 Å². The Labute approximate surface area is 113 Å². The third-order valence-electron chi connectivity index (χ3n) is 4.85. The molecule has 2 aliphatic rings. The summed E-state index contributed by atoms with van der Waals surface area (Å²) in [4.78, 5) is 11.9. The van der Waals surface area contributed by atoms with Gasteiger partial charge in [-0.15, -0.1) is 8.58 Å². The van der Waals surface area contributed by atoms with Crippen LogP contribution in [0.2, 0.25) is 0 Å². The Morgan fingerprint density at radius 3 is 2.44 bits per heavy atom. The van der Waals surface area contributed by atoms with Crippen LogP contribution in [0.5, 0.6) is 0 Å². The first-order chi connectivity index (χ1) is 8.20. The molecule has 0 radical (unpaired) electrons. The largest absolute Gasteiger partial charge is 0.462 e. The molecule has 1 unspecified atom stereocenters. The lowest BCUT2D eigenvalue weighted by Gasteiger charge is -2.26. The van der Waals surface area contributed by atoms with E-state index in [1.807, 2.05) is 0 Å². The van der Waals surface area contributed by atoms with E-state index >= 15 is 0 Å². The summed E-state index contributed by atoms with van der Waals surface area (Å²) in [6, 6.07) is 0. The van der Waals surface area contributed by atoms with E-state index in [-0.39, 0.29) is 17.2 Å². The van der Waals surface area contributed by atoms with Crippen LogP contribution >= 0.6 is 8.58 Å². The molecule has 2 bridgehead atoms. The molecule has 2 saturated carbocycles. The van der Waals surface area contributed by atoms with Gasteiger partial charge in [0.15, 0.2) is 0 Å². The van der Waals surface area contributed by atoms with Gasteiger partial charge in [0.05, 0.1) is 6.16 Å². The van der Waals surface area contributed by atoms with Crippen molar-refractivity contribution in [3.05, 3.63) is 0 Å². The van der Waals surface area contributed by atoms with Crippen molar-refractivity contribution in [1.29, 1.82) is 0 Å². The summed E-state index contributed by atoms with van der Waals surface area (Å²) in [7, 11) is 0.660. The van der Waals surface area contributed by atoms with Gasteiger partial charge in [0.1, 0.15) is 6.10 Å². The van der Waals surface area contributed by atoms with Gasteiger partial charge in [-0.25, -0.2) is 0 Å². The molecule has 0 saturated heterocycles. The minimum Gasteiger partial charge on any atom is -0.462 e. The number of carbonyl (C=O) groups excluding carboxylic acids is 1. The van der Waals surface area contributed by atoms with Crippen LogP contribution in [0.1, 0.15) is 53.9 Å². The van der Waals surface area contributed by atoms with Gasteiger partial charge in [-0.3, -0.25) is 4.79 Å². The molecule has 4 atom stereocenters. The molecule has 0 heterocycles. The highest BCUT2D eigenvalue weighted by Crippen LogP contribution is 2.58. The van der Waals surface area contributed by atoms with Crippen molar-refractivity contribution in [3.8, 4) is 0 Å². The third-order valence-corrected chi connectivity index (χ3v) is 6.37. The standard InChI is InChI=1S/C15H27O2P/c1-14(2,3)18-9-13(16)17-12-8-10-6-7-11(12)15(10,4)5/h10-12,18H,6-9H2,1-5H3/t10-,11+,12+/m0/s1. The first-order valence-corrected chi connectivity index (χ1v) is 8.35. The highest BCUT2D eigenvalue weighted by atomic mass is 31.1. The maximum Gasteiger partial charge on any atom is 0.310 e. The summed E-state index contributed by atoms with van der Waals surface area (Å²) < 4.78 is 5.74. The quantitative estimate of drug-likeness (QED) is 0.575. The summed E-state index contributed by atoms with van der Waals surface area (Å²) in [6.45, 7) is 11.2. The lowest BCUT2D eigenvalue weighted by atomic mass is 9.82. The molecule has 0 spiro atoms. The molecule has 2 nitrogen and oxygen atoms in total. The van der Waals surface area contributed by atoms with Gasteiger partial charge >= 0.3 is 5.97 Å². The smallest absolute Gasteiger partial charge is 0.310 e. The molecule has 0 aromatic rings. The van der Waals surface area contributed by atoms with Gasteiger partial charge in [0, 0.05) is 5.92 Å². The lowest BCUT2D eigenvalue weighted by molar-refractivity contribution is -0.148. The van der Waals surface area contributed by atoms with Crippen LogP contribution in [0, 0.1) is 17.3 Å². The fourth-order valence-corrected chi connectivity index (χ4v) is 4.39. The normalized spacial score (nSPS) is 34.4. The minimum absolute atomic E-state index is 0.0246. The van der Waals surface area contributed by atoms with Crippen LogP contribution < -0.4 is 0 Å². The van der Waals surface area contributed by atoms with Crippen molar-refractivity contribution < 1.29 is 9.53 Å². The van der Waals surface area contributed by atoms with E-state index in [9.17, 15) is 4.79 Å². The molecule has 2 rings (SSSR count). The maximum atomic E-state index is 11.9. The van der Waals surface area contributed by atoms with Crippen molar-refractivity contribution in [2.75, 3.05) is 6.16 Å². The van der Waals surface area contributed by atoms with E-state index < -0.39 is 0 Å². The SMILES string of the molecule is CC(C)(C)PCC(=O)O[C@@H]1C[C@@H]2CC[C@H]1C2(C)C. The van der Waals surface area contributed by atoms with Gasteiger partial charge in [0.2, 0.25) is 0 Å². The predicted molar refractivity (Wildman–Crippen MR) is 77.4 cm³/mol. The molecule has 0 amide bonds. The topological polar surface area (TPSA) is 26.3 Å². The molecular formula is C15H27O2P. The zero-order valence-corrected chi connectivity index (χ0v) is 13.4. The number of rotatable bonds is 3. The first-order valence-electron chi connectivity index (χ1n) is 7.14. The highest BCUT2D eigenvalue weighted by molar-refractivity contribution is 7.41. The zero-order valence-electron chi connectivity index (χ0n) is 12.4. The Balaban J connectivity index is 1.83. The molecule has 2 aliphatic carbocycles. The van der Waals surface area contributed by atoms with Crippen molar-refractivity contribution in [1.82, 2.24) is 0 Å². The minimum atomic E-state index is 0.0246. The molecule has 3 heteroatoms. The Bertz CT molecular complexity index is 330. The fraction of sp³-hybridized carbons (Fsp3) is 0.933. The molecular weight excluding hydrogens is 243 g/mol. The Morgan fingerprint density at radius 2 is 2.00 bits per heavy atom. The lowest BCUT2D eigenvalue weighted by Crippen LogP contribution is -2.28. The number of hydrogen-bond acceptors (Lipinski definition) is 2. The first kappa shape index (κ1) is 14.3. The number of fused-ring (bicyclic) bond motifs is 2. The Hall–Kier alpha value is -0.100. The van der Waals surface area contributed by atoms with E-state index in [0.717, 1.165) is 12.3 Å². The maximum absolute atomic E-state index is 11.9. The fourth-order valence-electron chi connectivity index (χ4n) is 3.64. The van der Waals surface area contributed by atoms with Crippen LogP contribution in [-0.4, -0.2) is 23.4 Å². The van der Waals surface area contributed by atoms with E-state index in [1.54, 1.807) is 0 Å². The van der Waals surface area contributed by atoms with Gasteiger partial charge < -0.3 is 4.74 Å². The summed E-state index contributed by atoms with van der Waals surface area (Å²) in [5, 5.41) is 0.243. The van der Waals surface area contributed by atoms with E-state index in [4.69, 9.17) is 4.74 Å². The van der Waals surface area contributed by atoms with Crippen LogP contribution in [-0.2, 0) is 9.53 Å². The monoisotopic (exact) mass is 270 g/mol. The molecule has 18 heavy (non-hydrogen) atoms. The zero-order chi connectivity index (χ0) is 13.6. The van der Waals surface area contributed by atoms with Crippen LogP contribution in [0.15, 0.2) is 0 Å². The summed E-state index contributed by atoms with van der Waals surface area (Å²) in [5.74, 6) is 1.39. The average Bonchev–Trinajstić information content (AvgIpc) is 2.63. The van der Waals surface area contributed by atoms with Crippen molar-refractivity contribution in [3.63, 3.8) is 0 Å². The third kappa shape index (κ3) is 2.90. The Kier molecular flexibility index (Phi) is 3.80. The van der Waals surface area contributed by atoms with Crippen molar-refractivity contribution >= 4 is 14.6 Å². The number of esters is 1. The summed E-state index contributed by atoms with van der Waals surface area (Å²) in [6.07, 6.45) is 4.47. The molecule has 104 valence electrons. The van der Waals surface area contributed by atoms with Crippen LogP contribution in [0.4, 0.5) is 0 Å².